The SMILES string of the molecule is CCCCCCCC.CN(C)C=O. The molecule has 0 heterocycles. The molecular weight excluding hydrogens is 162 g/mol. The summed E-state index contributed by atoms with van der Waals surface area (Å²) in [6, 6.07) is 0. The zero-order valence-corrected chi connectivity index (χ0v) is 9.68. The van der Waals surface area contributed by atoms with Gasteiger partial charge in [0.25, 0.3) is 0 Å². The minimum atomic E-state index is 0.750. The molecule has 0 aromatic rings. The van der Waals surface area contributed by atoms with E-state index in [0.717, 1.165) is 6.41 Å². The van der Waals surface area contributed by atoms with Crippen LogP contribution in [-0.2, 0) is 4.79 Å². The summed E-state index contributed by atoms with van der Waals surface area (Å²) >= 11 is 0. The average Bonchev–Trinajstić information content (AvgIpc) is 2.14. The number of rotatable bonds is 6. The Morgan fingerprint density at radius 2 is 1.23 bits per heavy atom. The number of hydrogen-bond acceptors (Lipinski definition) is 1. The summed E-state index contributed by atoms with van der Waals surface area (Å²) in [5.74, 6) is 0. The van der Waals surface area contributed by atoms with Gasteiger partial charge in [0.15, 0.2) is 0 Å². The number of amides is 1. The largest absolute Gasteiger partial charge is 0.351 e. The second-order valence-electron chi connectivity index (χ2n) is 3.48. The van der Waals surface area contributed by atoms with Gasteiger partial charge in [0, 0.05) is 14.1 Å². The number of nitrogens with zero attached hydrogens (tertiary/aromatic N) is 1. The fraction of sp³-hybridized carbons (Fsp3) is 0.909. The first-order valence-corrected chi connectivity index (χ1v) is 5.30. The molecule has 0 aromatic heterocycles. The Kier molecular flexibility index (Phi) is 16.1. The quantitative estimate of drug-likeness (QED) is 0.462. The molecule has 0 bridgehead atoms. The van der Waals surface area contributed by atoms with Crippen molar-refractivity contribution in [2.45, 2.75) is 52.4 Å². The normalized spacial score (nSPS) is 8.62. The van der Waals surface area contributed by atoms with Crippen LogP contribution in [-0.4, -0.2) is 25.4 Å². The lowest BCUT2D eigenvalue weighted by molar-refractivity contribution is -0.115. The molecule has 0 aromatic carbocycles. The summed E-state index contributed by atoms with van der Waals surface area (Å²) in [6.45, 7) is 4.51. The van der Waals surface area contributed by atoms with Crippen molar-refractivity contribution in [2.24, 2.45) is 0 Å². The molecule has 0 aliphatic carbocycles. The Morgan fingerprint density at radius 3 is 1.38 bits per heavy atom. The highest BCUT2D eigenvalue weighted by Crippen LogP contribution is 2.03. The van der Waals surface area contributed by atoms with Crippen molar-refractivity contribution in [2.75, 3.05) is 14.1 Å². The van der Waals surface area contributed by atoms with Crippen LogP contribution >= 0.6 is 0 Å². The lowest BCUT2D eigenvalue weighted by atomic mass is 10.1. The van der Waals surface area contributed by atoms with Gasteiger partial charge in [-0.1, -0.05) is 52.4 Å². The van der Waals surface area contributed by atoms with Crippen LogP contribution in [0.1, 0.15) is 52.4 Å². The molecule has 0 fully saturated rings. The van der Waals surface area contributed by atoms with Crippen molar-refractivity contribution >= 4 is 6.41 Å². The molecule has 1 amide bonds. The van der Waals surface area contributed by atoms with E-state index < -0.39 is 0 Å². The van der Waals surface area contributed by atoms with Crippen LogP contribution in [0, 0.1) is 0 Å². The summed E-state index contributed by atoms with van der Waals surface area (Å²) in [5.41, 5.74) is 0. The van der Waals surface area contributed by atoms with Crippen molar-refractivity contribution < 1.29 is 4.79 Å². The Labute approximate surface area is 83.3 Å². The Balaban J connectivity index is 0. The molecule has 13 heavy (non-hydrogen) atoms. The molecule has 0 saturated carbocycles. The van der Waals surface area contributed by atoms with Crippen LogP contribution in [0.5, 0.6) is 0 Å². The van der Waals surface area contributed by atoms with Crippen LogP contribution in [0.15, 0.2) is 0 Å². The number of carbonyl (C=O) groups excluding carboxylic acids is 1. The standard InChI is InChI=1S/C8H18.C3H7NO/c1-3-5-7-8-6-4-2;1-4(2)3-5/h3-8H2,1-2H3;3H,1-2H3. The second kappa shape index (κ2) is 14.0. The predicted octanol–water partition coefficient (Wildman–Crippen LogP) is 3.07. The minimum absolute atomic E-state index is 0.750. The van der Waals surface area contributed by atoms with Crippen molar-refractivity contribution in [3.63, 3.8) is 0 Å². The van der Waals surface area contributed by atoms with Gasteiger partial charge >= 0.3 is 0 Å². The maximum atomic E-state index is 9.43. The van der Waals surface area contributed by atoms with Crippen molar-refractivity contribution in [1.82, 2.24) is 4.90 Å². The Hall–Kier alpha value is -0.530. The summed E-state index contributed by atoms with van der Waals surface area (Å²) < 4.78 is 0. The van der Waals surface area contributed by atoms with Gasteiger partial charge < -0.3 is 4.90 Å². The molecule has 2 heteroatoms. The third-order valence-corrected chi connectivity index (χ3v) is 1.67. The van der Waals surface area contributed by atoms with Crippen molar-refractivity contribution in [1.29, 1.82) is 0 Å². The van der Waals surface area contributed by atoms with Crippen molar-refractivity contribution in [3.8, 4) is 0 Å². The Morgan fingerprint density at radius 1 is 0.923 bits per heavy atom. The zero-order chi connectivity index (χ0) is 10.5. The van der Waals surface area contributed by atoms with Crippen LogP contribution in [0.25, 0.3) is 0 Å². The van der Waals surface area contributed by atoms with E-state index >= 15 is 0 Å². The van der Waals surface area contributed by atoms with Gasteiger partial charge in [-0.05, 0) is 0 Å². The van der Waals surface area contributed by atoms with E-state index in [2.05, 4.69) is 13.8 Å². The average molecular weight is 187 g/mol. The highest BCUT2D eigenvalue weighted by molar-refractivity contribution is 5.45. The van der Waals surface area contributed by atoms with E-state index in [1.807, 2.05) is 0 Å². The van der Waals surface area contributed by atoms with E-state index in [-0.39, 0.29) is 0 Å². The van der Waals surface area contributed by atoms with E-state index in [4.69, 9.17) is 0 Å². The van der Waals surface area contributed by atoms with Crippen LogP contribution in [0.2, 0.25) is 0 Å². The number of unbranched alkanes of at least 4 members (excludes halogenated alkanes) is 5. The summed E-state index contributed by atoms with van der Waals surface area (Å²) in [6.07, 6.45) is 9.24. The predicted molar refractivity (Wildman–Crippen MR) is 58.8 cm³/mol. The molecule has 0 aliphatic rings. The first-order valence-electron chi connectivity index (χ1n) is 5.30. The molecule has 2 nitrogen and oxygen atoms in total. The van der Waals surface area contributed by atoms with Gasteiger partial charge in [-0.2, -0.15) is 0 Å². The lowest BCUT2D eigenvalue weighted by Crippen LogP contribution is -2.06. The summed E-state index contributed by atoms with van der Waals surface area (Å²) in [4.78, 5) is 10.9. The zero-order valence-electron chi connectivity index (χ0n) is 9.68. The highest BCUT2D eigenvalue weighted by atomic mass is 16.1. The first kappa shape index (κ1) is 15.0. The fourth-order valence-corrected chi connectivity index (χ4v) is 0.854. The van der Waals surface area contributed by atoms with Gasteiger partial charge in [-0.3, -0.25) is 4.79 Å². The molecule has 80 valence electrons. The maximum absolute atomic E-state index is 9.43. The molecule has 0 spiro atoms. The monoisotopic (exact) mass is 187 g/mol. The topological polar surface area (TPSA) is 20.3 Å². The molecule has 0 radical (unpaired) electrons. The summed E-state index contributed by atoms with van der Waals surface area (Å²) in [5, 5.41) is 0. The maximum Gasteiger partial charge on any atom is 0.209 e. The van der Waals surface area contributed by atoms with E-state index in [1.165, 1.54) is 43.4 Å². The molecule has 0 atom stereocenters. The molecular formula is C11H25NO. The van der Waals surface area contributed by atoms with Gasteiger partial charge in [0.2, 0.25) is 6.41 Å². The molecule has 0 unspecified atom stereocenters. The lowest BCUT2D eigenvalue weighted by Gasteiger charge is -1.93. The van der Waals surface area contributed by atoms with Crippen LogP contribution in [0.3, 0.4) is 0 Å². The van der Waals surface area contributed by atoms with Crippen molar-refractivity contribution in [3.05, 3.63) is 0 Å². The third kappa shape index (κ3) is 24.6. The smallest absolute Gasteiger partial charge is 0.209 e. The van der Waals surface area contributed by atoms with Gasteiger partial charge in [0.05, 0.1) is 0 Å². The second-order valence-corrected chi connectivity index (χ2v) is 3.48. The first-order chi connectivity index (χ1) is 6.18. The van der Waals surface area contributed by atoms with Gasteiger partial charge in [-0.25, -0.2) is 0 Å². The molecule has 0 rings (SSSR count). The van der Waals surface area contributed by atoms with Crippen LogP contribution in [0.4, 0.5) is 0 Å². The molecule has 0 N–H and O–H groups in total. The molecule has 0 aliphatic heterocycles. The van der Waals surface area contributed by atoms with Gasteiger partial charge in [-0.15, -0.1) is 0 Å². The van der Waals surface area contributed by atoms with E-state index in [9.17, 15) is 4.79 Å². The number of carbonyl (C=O) groups is 1. The van der Waals surface area contributed by atoms with Gasteiger partial charge in [0.1, 0.15) is 0 Å². The summed E-state index contributed by atoms with van der Waals surface area (Å²) in [7, 11) is 3.38. The Bertz CT molecular complexity index is 86.1. The highest BCUT2D eigenvalue weighted by Gasteiger charge is 1.83. The third-order valence-electron chi connectivity index (χ3n) is 1.67. The number of hydrogen-bond donors (Lipinski definition) is 0. The van der Waals surface area contributed by atoms with Crippen LogP contribution < -0.4 is 0 Å². The fourth-order valence-electron chi connectivity index (χ4n) is 0.854. The van der Waals surface area contributed by atoms with E-state index in [1.54, 1.807) is 14.1 Å². The minimum Gasteiger partial charge on any atom is -0.351 e. The molecule has 0 saturated heterocycles. The van der Waals surface area contributed by atoms with E-state index in [0.29, 0.717) is 0 Å².